The van der Waals surface area contributed by atoms with E-state index in [0.29, 0.717) is 0 Å². The van der Waals surface area contributed by atoms with Crippen LogP contribution in [-0.4, -0.2) is 43.0 Å². The van der Waals surface area contributed by atoms with E-state index < -0.39 is 0 Å². The summed E-state index contributed by atoms with van der Waals surface area (Å²) in [6, 6.07) is 0.0352. The Balaban J connectivity index is 1.66. The van der Waals surface area contributed by atoms with E-state index >= 15 is 0 Å². The van der Waals surface area contributed by atoms with Crippen LogP contribution in [0.1, 0.15) is 12.8 Å². The van der Waals surface area contributed by atoms with E-state index in [1.165, 1.54) is 6.42 Å². The van der Waals surface area contributed by atoms with E-state index in [1.807, 2.05) is 0 Å². The fourth-order valence-corrected chi connectivity index (χ4v) is 1.93. The number of likely N-dealkylation sites (tertiary alicyclic amines) is 1. The number of rotatable bonds is 4. The topological polar surface area (TPSA) is 58.4 Å². The fourth-order valence-electron chi connectivity index (χ4n) is 1.93. The maximum atomic E-state index is 10.9. The molecule has 0 bridgehead atoms. The summed E-state index contributed by atoms with van der Waals surface area (Å²) in [4.78, 5) is 13.1. The van der Waals surface area contributed by atoms with Crippen LogP contribution in [-0.2, 0) is 4.79 Å². The van der Waals surface area contributed by atoms with Gasteiger partial charge >= 0.3 is 0 Å². The minimum atomic E-state index is -0.155. The summed E-state index contributed by atoms with van der Waals surface area (Å²) in [6.07, 6.45) is 2.16. The van der Waals surface area contributed by atoms with Crippen LogP contribution >= 0.6 is 0 Å². The Labute approximate surface area is 78.5 Å². The van der Waals surface area contributed by atoms with E-state index in [1.54, 1.807) is 0 Å². The number of hydrogen-bond donors (Lipinski definition) is 2. The highest BCUT2D eigenvalue weighted by molar-refractivity contribution is 5.80. The summed E-state index contributed by atoms with van der Waals surface area (Å²) in [7, 11) is 0. The number of nitrogens with zero attached hydrogens (tertiary/aromatic N) is 1. The molecule has 3 N–H and O–H groups in total. The molecule has 4 nitrogen and oxygen atoms in total. The van der Waals surface area contributed by atoms with Crippen LogP contribution in [0.25, 0.3) is 0 Å². The van der Waals surface area contributed by atoms with Gasteiger partial charge in [0.15, 0.2) is 0 Å². The van der Waals surface area contributed by atoms with E-state index in [9.17, 15) is 4.79 Å². The molecule has 0 aliphatic carbocycles. The maximum absolute atomic E-state index is 10.9. The highest BCUT2D eigenvalue weighted by atomic mass is 16.1. The zero-order valence-electron chi connectivity index (χ0n) is 7.83. The molecule has 1 unspecified atom stereocenters. The first-order valence-electron chi connectivity index (χ1n) is 5.01. The SMILES string of the molecule is NC(=O)C1CCN1CCC1CNC1. The van der Waals surface area contributed by atoms with E-state index in [0.717, 1.165) is 38.5 Å². The second-order valence-electron chi connectivity index (χ2n) is 4.06. The number of carbonyl (C=O) groups is 1. The predicted octanol–water partition coefficient (Wildman–Crippen LogP) is -0.844. The second kappa shape index (κ2) is 3.64. The lowest BCUT2D eigenvalue weighted by Gasteiger charge is -2.40. The largest absolute Gasteiger partial charge is 0.368 e. The van der Waals surface area contributed by atoms with Crippen molar-refractivity contribution >= 4 is 5.91 Å². The highest BCUT2D eigenvalue weighted by Crippen LogP contribution is 2.19. The molecule has 74 valence electrons. The number of hydrogen-bond acceptors (Lipinski definition) is 3. The molecule has 2 fully saturated rings. The minimum Gasteiger partial charge on any atom is -0.368 e. The van der Waals surface area contributed by atoms with E-state index in [4.69, 9.17) is 5.73 Å². The number of nitrogens with one attached hydrogen (secondary N) is 1. The Morgan fingerprint density at radius 1 is 1.54 bits per heavy atom. The molecule has 0 aromatic heterocycles. The van der Waals surface area contributed by atoms with Gasteiger partial charge < -0.3 is 11.1 Å². The van der Waals surface area contributed by atoms with Gasteiger partial charge in [-0.3, -0.25) is 9.69 Å². The molecule has 2 aliphatic rings. The van der Waals surface area contributed by atoms with Crippen molar-refractivity contribution in [3.8, 4) is 0 Å². The van der Waals surface area contributed by atoms with Crippen molar-refractivity contribution in [2.24, 2.45) is 11.7 Å². The molecule has 0 radical (unpaired) electrons. The monoisotopic (exact) mass is 183 g/mol. The van der Waals surface area contributed by atoms with Crippen LogP contribution in [0.15, 0.2) is 0 Å². The maximum Gasteiger partial charge on any atom is 0.234 e. The summed E-state index contributed by atoms with van der Waals surface area (Å²) < 4.78 is 0. The Kier molecular flexibility index (Phi) is 2.51. The van der Waals surface area contributed by atoms with Crippen LogP contribution in [0.2, 0.25) is 0 Å². The zero-order valence-corrected chi connectivity index (χ0v) is 7.83. The Bertz CT molecular complexity index is 203. The summed E-state index contributed by atoms with van der Waals surface area (Å²) in [6.45, 7) is 4.39. The lowest BCUT2D eigenvalue weighted by Crippen LogP contribution is -2.56. The van der Waals surface area contributed by atoms with Crippen molar-refractivity contribution in [3.05, 3.63) is 0 Å². The second-order valence-corrected chi connectivity index (χ2v) is 4.06. The van der Waals surface area contributed by atoms with Crippen molar-refractivity contribution in [1.82, 2.24) is 10.2 Å². The Morgan fingerprint density at radius 2 is 2.31 bits per heavy atom. The third-order valence-corrected chi connectivity index (χ3v) is 3.15. The fraction of sp³-hybridized carbons (Fsp3) is 0.889. The summed E-state index contributed by atoms with van der Waals surface area (Å²) in [5.74, 6) is 0.673. The average molecular weight is 183 g/mol. The first kappa shape index (κ1) is 8.97. The van der Waals surface area contributed by atoms with Gasteiger partial charge in [0.05, 0.1) is 6.04 Å². The van der Waals surface area contributed by atoms with Crippen molar-refractivity contribution in [2.45, 2.75) is 18.9 Å². The molecule has 0 aromatic carbocycles. The number of carbonyl (C=O) groups excluding carboxylic acids is 1. The van der Waals surface area contributed by atoms with Crippen molar-refractivity contribution in [2.75, 3.05) is 26.2 Å². The molecule has 13 heavy (non-hydrogen) atoms. The lowest BCUT2D eigenvalue weighted by atomic mass is 9.96. The van der Waals surface area contributed by atoms with Gasteiger partial charge in [-0.05, 0) is 38.4 Å². The third-order valence-electron chi connectivity index (χ3n) is 3.15. The summed E-state index contributed by atoms with van der Waals surface area (Å²) in [5, 5.41) is 3.24. The molecule has 0 saturated carbocycles. The summed E-state index contributed by atoms with van der Waals surface area (Å²) >= 11 is 0. The molecular formula is C9H17N3O. The number of amides is 1. The normalized spacial score (nSPS) is 29.4. The molecule has 0 spiro atoms. The highest BCUT2D eigenvalue weighted by Gasteiger charge is 2.32. The summed E-state index contributed by atoms with van der Waals surface area (Å²) in [5.41, 5.74) is 5.25. The van der Waals surface area contributed by atoms with E-state index in [2.05, 4.69) is 10.2 Å². The van der Waals surface area contributed by atoms with Gasteiger partial charge in [0.25, 0.3) is 0 Å². The predicted molar refractivity (Wildman–Crippen MR) is 50.1 cm³/mol. The van der Waals surface area contributed by atoms with Crippen LogP contribution < -0.4 is 11.1 Å². The smallest absolute Gasteiger partial charge is 0.234 e. The van der Waals surface area contributed by atoms with Gasteiger partial charge in [0.1, 0.15) is 0 Å². The molecule has 1 atom stereocenters. The minimum absolute atomic E-state index is 0.0352. The molecule has 2 heterocycles. The van der Waals surface area contributed by atoms with E-state index in [-0.39, 0.29) is 11.9 Å². The first-order chi connectivity index (χ1) is 6.27. The van der Waals surface area contributed by atoms with Crippen molar-refractivity contribution in [1.29, 1.82) is 0 Å². The molecule has 4 heteroatoms. The van der Waals surface area contributed by atoms with Gasteiger partial charge in [-0.15, -0.1) is 0 Å². The molecule has 2 saturated heterocycles. The standard InChI is InChI=1S/C9H17N3O/c10-9(13)8-2-4-12(8)3-1-7-5-11-6-7/h7-8,11H,1-6H2,(H2,10,13). The molecule has 0 aromatic rings. The Hall–Kier alpha value is -0.610. The van der Waals surface area contributed by atoms with Crippen molar-refractivity contribution < 1.29 is 4.79 Å². The van der Waals surface area contributed by atoms with Crippen molar-refractivity contribution in [3.63, 3.8) is 0 Å². The van der Waals surface area contributed by atoms with Crippen LogP contribution in [0.5, 0.6) is 0 Å². The molecule has 2 rings (SSSR count). The van der Waals surface area contributed by atoms with Gasteiger partial charge in [-0.25, -0.2) is 0 Å². The lowest BCUT2D eigenvalue weighted by molar-refractivity contribution is -0.127. The average Bonchev–Trinajstić information content (AvgIpc) is 1.90. The molecular weight excluding hydrogens is 166 g/mol. The number of nitrogens with two attached hydrogens (primary N) is 1. The van der Waals surface area contributed by atoms with Crippen LogP contribution in [0.4, 0.5) is 0 Å². The molecule has 2 aliphatic heterocycles. The zero-order chi connectivity index (χ0) is 9.26. The first-order valence-corrected chi connectivity index (χ1v) is 5.01. The number of primary amides is 1. The van der Waals surface area contributed by atoms with Gasteiger partial charge in [-0.1, -0.05) is 0 Å². The van der Waals surface area contributed by atoms with Crippen LogP contribution in [0, 0.1) is 5.92 Å². The van der Waals surface area contributed by atoms with Crippen LogP contribution in [0.3, 0.4) is 0 Å². The van der Waals surface area contributed by atoms with Gasteiger partial charge in [0, 0.05) is 6.54 Å². The van der Waals surface area contributed by atoms with Gasteiger partial charge in [0.2, 0.25) is 5.91 Å². The molecule has 1 amide bonds. The van der Waals surface area contributed by atoms with Gasteiger partial charge in [-0.2, -0.15) is 0 Å². The quantitative estimate of drug-likeness (QED) is 0.597. The Morgan fingerprint density at radius 3 is 2.69 bits per heavy atom. The third kappa shape index (κ3) is 1.84.